The molecule has 128 valence electrons. The largest absolute Gasteiger partial charge is 0.507 e. The Kier molecular flexibility index (Phi) is 5.29. The third kappa shape index (κ3) is 3.72. The molecule has 0 saturated heterocycles. The van der Waals surface area contributed by atoms with Crippen molar-refractivity contribution in [2.45, 2.75) is 32.6 Å². The van der Waals surface area contributed by atoms with Crippen LogP contribution in [0.4, 0.5) is 0 Å². The zero-order valence-electron chi connectivity index (χ0n) is 14.5. The molecule has 1 aliphatic rings. The number of aliphatic hydroxyl groups excluding tert-OH is 1. The van der Waals surface area contributed by atoms with E-state index in [1.165, 1.54) is 12.7 Å². The van der Waals surface area contributed by atoms with Gasteiger partial charge in [0.25, 0.3) is 0 Å². The Balaban J connectivity index is 2.51. The fourth-order valence-corrected chi connectivity index (χ4v) is 2.82. The summed E-state index contributed by atoms with van der Waals surface area (Å²) < 4.78 is 4.68. The fraction of sp³-hybridized carbons (Fsp3) is 0.350. The van der Waals surface area contributed by atoms with Crippen LogP contribution < -0.4 is 0 Å². The molecule has 1 aliphatic carbocycles. The molecule has 0 atom stereocenters. The van der Waals surface area contributed by atoms with Gasteiger partial charge in [-0.05, 0) is 28.7 Å². The highest BCUT2D eigenvalue weighted by atomic mass is 16.5. The van der Waals surface area contributed by atoms with Crippen molar-refractivity contribution in [1.82, 2.24) is 0 Å². The summed E-state index contributed by atoms with van der Waals surface area (Å²) in [6, 6.07) is 11.8. The van der Waals surface area contributed by atoms with E-state index in [1.54, 1.807) is 6.08 Å². The van der Waals surface area contributed by atoms with E-state index in [2.05, 4.69) is 18.6 Å². The van der Waals surface area contributed by atoms with E-state index in [1.807, 2.05) is 36.4 Å². The zero-order chi connectivity index (χ0) is 18.6. The average molecular weight is 336 g/mol. The lowest BCUT2D eigenvalue weighted by Gasteiger charge is -2.27. The molecule has 5 heteroatoms. The van der Waals surface area contributed by atoms with Crippen molar-refractivity contribution in [3.05, 3.63) is 52.3 Å². The standard InChI is InChI=1S/C20H20N2O3/c1-13(2)15-6-4-14(5-7-15)8-16-9-20(11-21,12-22)10-17(18(16)23)19(24)25-3/h4-8,13,23H,9-10H2,1-3H3/b16-8+. The van der Waals surface area contributed by atoms with E-state index in [0.717, 1.165) is 5.56 Å². The molecule has 0 radical (unpaired) electrons. The van der Waals surface area contributed by atoms with Crippen LogP contribution in [0.5, 0.6) is 0 Å². The average Bonchev–Trinajstić information content (AvgIpc) is 2.63. The van der Waals surface area contributed by atoms with Gasteiger partial charge in [-0.25, -0.2) is 4.79 Å². The molecule has 5 nitrogen and oxygen atoms in total. The number of carbonyl (C=O) groups is 1. The zero-order valence-corrected chi connectivity index (χ0v) is 14.5. The Labute approximate surface area is 147 Å². The maximum Gasteiger partial charge on any atom is 0.337 e. The Hall–Kier alpha value is -3.05. The van der Waals surface area contributed by atoms with Crippen molar-refractivity contribution in [3.63, 3.8) is 0 Å². The first-order valence-corrected chi connectivity index (χ1v) is 7.99. The molecule has 0 spiro atoms. The Morgan fingerprint density at radius 3 is 2.32 bits per heavy atom. The van der Waals surface area contributed by atoms with Crippen LogP contribution in [0.25, 0.3) is 6.08 Å². The lowest BCUT2D eigenvalue weighted by atomic mass is 9.73. The van der Waals surface area contributed by atoms with E-state index in [-0.39, 0.29) is 24.2 Å². The molecule has 1 aromatic rings. The van der Waals surface area contributed by atoms with Crippen LogP contribution in [0, 0.1) is 28.1 Å². The fourth-order valence-electron chi connectivity index (χ4n) is 2.82. The third-order valence-corrected chi connectivity index (χ3v) is 4.36. The number of aliphatic hydroxyl groups is 1. The predicted octanol–water partition coefficient (Wildman–Crippen LogP) is 4.01. The minimum Gasteiger partial charge on any atom is -0.507 e. The highest BCUT2D eigenvalue weighted by Crippen LogP contribution is 2.42. The summed E-state index contributed by atoms with van der Waals surface area (Å²) in [5.41, 5.74) is 0.958. The number of nitriles is 2. The van der Waals surface area contributed by atoms with Gasteiger partial charge in [-0.15, -0.1) is 0 Å². The molecule has 0 amide bonds. The van der Waals surface area contributed by atoms with Crippen LogP contribution in [0.2, 0.25) is 0 Å². The number of nitrogens with zero attached hydrogens (tertiary/aromatic N) is 2. The van der Waals surface area contributed by atoms with Gasteiger partial charge in [-0.2, -0.15) is 10.5 Å². The summed E-state index contributed by atoms with van der Waals surface area (Å²) in [6.07, 6.45) is 1.60. The molecule has 0 saturated carbocycles. The first kappa shape index (κ1) is 18.3. The number of hydrogen-bond acceptors (Lipinski definition) is 5. The van der Waals surface area contributed by atoms with Crippen molar-refractivity contribution >= 4 is 12.0 Å². The van der Waals surface area contributed by atoms with Crippen LogP contribution >= 0.6 is 0 Å². The molecule has 0 heterocycles. The molecule has 1 aromatic carbocycles. The molecule has 2 rings (SSSR count). The minimum atomic E-state index is -1.39. The van der Waals surface area contributed by atoms with E-state index in [0.29, 0.717) is 11.5 Å². The SMILES string of the molecule is COC(=O)C1=C(O)/C(=C/c2ccc(C(C)C)cc2)CC(C#N)(C#N)C1. The maximum absolute atomic E-state index is 11.9. The number of esters is 1. The number of methoxy groups -OCH3 is 1. The van der Waals surface area contributed by atoms with Crippen LogP contribution in [-0.2, 0) is 9.53 Å². The lowest BCUT2D eigenvalue weighted by Crippen LogP contribution is -2.27. The quantitative estimate of drug-likeness (QED) is 0.842. The Bertz CT molecular complexity index is 804. The second-order valence-corrected chi connectivity index (χ2v) is 6.47. The summed E-state index contributed by atoms with van der Waals surface area (Å²) in [7, 11) is 1.20. The van der Waals surface area contributed by atoms with E-state index >= 15 is 0 Å². The second kappa shape index (κ2) is 7.23. The van der Waals surface area contributed by atoms with Crippen LogP contribution in [-0.4, -0.2) is 18.2 Å². The summed E-state index contributed by atoms with van der Waals surface area (Å²) >= 11 is 0. The molecule has 0 aliphatic heterocycles. The molecule has 0 aromatic heterocycles. The number of benzene rings is 1. The van der Waals surface area contributed by atoms with Crippen molar-refractivity contribution in [2.24, 2.45) is 5.41 Å². The number of ether oxygens (including phenoxy) is 1. The first-order chi connectivity index (χ1) is 11.9. The Morgan fingerprint density at radius 2 is 1.84 bits per heavy atom. The van der Waals surface area contributed by atoms with Crippen LogP contribution in [0.3, 0.4) is 0 Å². The lowest BCUT2D eigenvalue weighted by molar-refractivity contribution is -0.136. The molecule has 0 fully saturated rings. The summed E-state index contributed by atoms with van der Waals surface area (Å²) in [5, 5.41) is 29.3. The maximum atomic E-state index is 11.9. The summed E-state index contributed by atoms with van der Waals surface area (Å²) in [6.45, 7) is 4.19. The Morgan fingerprint density at radius 1 is 1.24 bits per heavy atom. The third-order valence-electron chi connectivity index (χ3n) is 4.36. The highest BCUT2D eigenvalue weighted by molar-refractivity contribution is 5.91. The second-order valence-electron chi connectivity index (χ2n) is 6.47. The first-order valence-electron chi connectivity index (χ1n) is 7.99. The van der Waals surface area contributed by atoms with Gasteiger partial charge in [0.2, 0.25) is 0 Å². The number of carbonyl (C=O) groups excluding carboxylic acids is 1. The number of hydrogen-bond donors (Lipinski definition) is 1. The highest BCUT2D eigenvalue weighted by Gasteiger charge is 2.41. The van der Waals surface area contributed by atoms with Gasteiger partial charge >= 0.3 is 5.97 Å². The minimum absolute atomic E-state index is 0.0399. The van der Waals surface area contributed by atoms with Crippen LogP contribution in [0.15, 0.2) is 41.2 Å². The van der Waals surface area contributed by atoms with E-state index < -0.39 is 11.4 Å². The monoisotopic (exact) mass is 336 g/mol. The van der Waals surface area contributed by atoms with Gasteiger partial charge in [0.15, 0.2) is 5.41 Å². The smallest absolute Gasteiger partial charge is 0.337 e. The number of rotatable bonds is 3. The molecule has 25 heavy (non-hydrogen) atoms. The van der Waals surface area contributed by atoms with Gasteiger partial charge in [0.1, 0.15) is 5.76 Å². The van der Waals surface area contributed by atoms with Crippen molar-refractivity contribution in [3.8, 4) is 12.1 Å². The van der Waals surface area contributed by atoms with Gasteiger partial charge in [-0.3, -0.25) is 0 Å². The molecular weight excluding hydrogens is 316 g/mol. The van der Waals surface area contributed by atoms with Crippen LogP contribution in [0.1, 0.15) is 43.7 Å². The molecule has 0 bridgehead atoms. The predicted molar refractivity (Wildman–Crippen MR) is 93.1 cm³/mol. The van der Waals surface area contributed by atoms with Gasteiger partial charge < -0.3 is 9.84 Å². The van der Waals surface area contributed by atoms with Crippen molar-refractivity contribution in [2.75, 3.05) is 7.11 Å². The molecule has 1 N–H and O–H groups in total. The summed E-state index contributed by atoms with van der Waals surface area (Å²) in [5.74, 6) is -0.533. The number of allylic oxidation sites excluding steroid dienone is 1. The van der Waals surface area contributed by atoms with Gasteiger partial charge in [0, 0.05) is 12.8 Å². The molecule has 0 unspecified atom stereocenters. The van der Waals surface area contributed by atoms with Gasteiger partial charge in [0.05, 0.1) is 24.8 Å². The van der Waals surface area contributed by atoms with E-state index in [4.69, 9.17) is 0 Å². The topological polar surface area (TPSA) is 94.1 Å². The molecular formula is C20H20N2O3. The van der Waals surface area contributed by atoms with Crippen molar-refractivity contribution < 1.29 is 14.6 Å². The van der Waals surface area contributed by atoms with E-state index in [9.17, 15) is 20.4 Å². The normalized spacial score (nSPS) is 17.9. The summed E-state index contributed by atoms with van der Waals surface area (Å²) in [4.78, 5) is 11.9. The van der Waals surface area contributed by atoms with Gasteiger partial charge in [-0.1, -0.05) is 38.1 Å². The van der Waals surface area contributed by atoms with Crippen molar-refractivity contribution in [1.29, 1.82) is 10.5 Å².